The summed E-state index contributed by atoms with van der Waals surface area (Å²) in [5, 5.41) is 8.98. The lowest BCUT2D eigenvalue weighted by Gasteiger charge is -2.10. The number of carboxylic acids is 1. The molecule has 1 aliphatic heterocycles. The van der Waals surface area contributed by atoms with Gasteiger partial charge in [-0.05, 0) is 48.4 Å². The Hall–Kier alpha value is -3.80. The lowest BCUT2D eigenvalue weighted by molar-refractivity contribution is -0.144. The summed E-state index contributed by atoms with van der Waals surface area (Å²) in [5.74, 6) is 0.228. The van der Waals surface area contributed by atoms with E-state index in [1.807, 2.05) is 65.4 Å². The van der Waals surface area contributed by atoms with Gasteiger partial charge in [-0.3, -0.25) is 4.79 Å². The highest BCUT2D eigenvalue weighted by atomic mass is 16.5. The van der Waals surface area contributed by atoms with Crippen LogP contribution in [-0.2, 0) is 17.8 Å². The number of aliphatic carboxylic acids is 1. The molecule has 158 valence electrons. The van der Waals surface area contributed by atoms with Crippen molar-refractivity contribution in [3.63, 3.8) is 0 Å². The van der Waals surface area contributed by atoms with Crippen molar-refractivity contribution in [1.29, 1.82) is 0 Å². The maximum atomic E-state index is 13.0. The highest BCUT2D eigenvalue weighted by Crippen LogP contribution is 2.27. The Morgan fingerprint density at radius 1 is 1.19 bits per heavy atom. The monoisotopic (exact) mass is 417 g/mol. The summed E-state index contributed by atoms with van der Waals surface area (Å²) in [6.45, 7) is 2.67. The first-order chi connectivity index (χ1) is 15.0. The van der Waals surface area contributed by atoms with E-state index in [1.54, 1.807) is 12.1 Å². The zero-order valence-corrected chi connectivity index (χ0v) is 17.2. The largest absolute Gasteiger partial charge is 0.493 e. The molecule has 31 heavy (non-hydrogen) atoms. The average Bonchev–Trinajstić information content (AvgIpc) is 3.42. The number of carbonyl (C=O) groups is 2. The van der Waals surface area contributed by atoms with Crippen LogP contribution in [0, 0.1) is 0 Å². The highest BCUT2D eigenvalue weighted by molar-refractivity contribution is 6.08. The van der Waals surface area contributed by atoms with Crippen molar-refractivity contribution in [2.45, 2.75) is 26.0 Å². The molecule has 1 aromatic heterocycles. The topological polar surface area (TPSA) is 77.8 Å². The molecule has 4 rings (SSSR count). The Morgan fingerprint density at radius 2 is 2.06 bits per heavy atom. The van der Waals surface area contributed by atoms with Crippen molar-refractivity contribution >= 4 is 17.8 Å². The van der Waals surface area contributed by atoms with Crippen molar-refractivity contribution in [1.82, 2.24) is 4.57 Å². The van der Waals surface area contributed by atoms with Gasteiger partial charge in [-0.2, -0.15) is 0 Å². The fourth-order valence-corrected chi connectivity index (χ4v) is 3.48. The van der Waals surface area contributed by atoms with Crippen LogP contribution in [0.5, 0.6) is 11.5 Å². The van der Waals surface area contributed by atoms with Gasteiger partial charge in [-0.25, -0.2) is 4.79 Å². The summed E-state index contributed by atoms with van der Waals surface area (Å²) in [5.41, 5.74) is 3.24. The minimum atomic E-state index is -1.01. The molecule has 6 heteroatoms. The number of benzene rings is 2. The van der Waals surface area contributed by atoms with E-state index in [-0.39, 0.29) is 5.78 Å². The van der Waals surface area contributed by atoms with Crippen LogP contribution in [0.1, 0.15) is 34.1 Å². The van der Waals surface area contributed by atoms with E-state index in [0.29, 0.717) is 30.2 Å². The van der Waals surface area contributed by atoms with Gasteiger partial charge in [0, 0.05) is 24.7 Å². The van der Waals surface area contributed by atoms with Gasteiger partial charge in [-0.1, -0.05) is 36.4 Å². The van der Waals surface area contributed by atoms with E-state index in [9.17, 15) is 9.59 Å². The highest BCUT2D eigenvalue weighted by Gasteiger charge is 2.18. The van der Waals surface area contributed by atoms with Crippen molar-refractivity contribution in [2.75, 3.05) is 6.61 Å². The van der Waals surface area contributed by atoms with Crippen molar-refractivity contribution in [2.24, 2.45) is 0 Å². The molecule has 2 heterocycles. The van der Waals surface area contributed by atoms with E-state index < -0.39 is 12.1 Å². The molecule has 0 amide bonds. The molecule has 2 aromatic carbocycles. The summed E-state index contributed by atoms with van der Waals surface area (Å²) in [4.78, 5) is 24.0. The van der Waals surface area contributed by atoms with Crippen LogP contribution in [0.3, 0.4) is 0 Å². The maximum Gasteiger partial charge on any atom is 0.344 e. The molecule has 0 saturated carbocycles. The molecule has 0 fully saturated rings. The van der Waals surface area contributed by atoms with E-state index in [0.717, 1.165) is 23.3 Å². The molecule has 0 unspecified atom stereocenters. The van der Waals surface area contributed by atoms with Crippen molar-refractivity contribution < 1.29 is 24.2 Å². The maximum absolute atomic E-state index is 13.0. The van der Waals surface area contributed by atoms with Crippen LogP contribution < -0.4 is 9.47 Å². The predicted molar refractivity (Wildman–Crippen MR) is 117 cm³/mol. The van der Waals surface area contributed by atoms with Gasteiger partial charge >= 0.3 is 5.97 Å². The zero-order chi connectivity index (χ0) is 21.8. The lowest BCUT2D eigenvalue weighted by Crippen LogP contribution is -2.22. The van der Waals surface area contributed by atoms with Crippen molar-refractivity contribution in [3.8, 4) is 11.5 Å². The minimum absolute atomic E-state index is 0.0465. The third-order valence-electron chi connectivity index (χ3n) is 5.15. The van der Waals surface area contributed by atoms with Crippen LogP contribution in [0.15, 0.2) is 66.9 Å². The summed E-state index contributed by atoms with van der Waals surface area (Å²) in [6.07, 6.45) is 5.69. The van der Waals surface area contributed by atoms with Crippen LogP contribution in [0.2, 0.25) is 0 Å². The number of ketones is 1. The quantitative estimate of drug-likeness (QED) is 0.555. The number of ether oxygens (including phenoxy) is 2. The van der Waals surface area contributed by atoms with Gasteiger partial charge in [-0.15, -0.1) is 0 Å². The fraction of sp³-hybridized carbons (Fsp3) is 0.200. The molecule has 0 aliphatic carbocycles. The molecule has 0 spiro atoms. The third kappa shape index (κ3) is 4.69. The summed E-state index contributed by atoms with van der Waals surface area (Å²) >= 11 is 0. The first kappa shape index (κ1) is 20.5. The fourth-order valence-electron chi connectivity index (χ4n) is 3.48. The van der Waals surface area contributed by atoms with E-state index in [4.69, 9.17) is 14.6 Å². The molecular formula is C25H23NO5. The van der Waals surface area contributed by atoms with Crippen LogP contribution in [-0.4, -0.2) is 34.1 Å². The van der Waals surface area contributed by atoms with E-state index in [2.05, 4.69) is 0 Å². The Morgan fingerprint density at radius 3 is 2.90 bits per heavy atom. The van der Waals surface area contributed by atoms with E-state index in [1.165, 1.54) is 6.92 Å². The molecule has 1 N–H and O–H groups in total. The first-order valence-corrected chi connectivity index (χ1v) is 10.1. The van der Waals surface area contributed by atoms with Gasteiger partial charge in [0.25, 0.3) is 0 Å². The molecule has 0 radical (unpaired) electrons. The second-order valence-corrected chi connectivity index (χ2v) is 7.37. The molecule has 1 atom stereocenters. The van der Waals surface area contributed by atoms with E-state index >= 15 is 0 Å². The molecule has 0 bridgehead atoms. The number of allylic oxidation sites excluding steroid dienone is 1. The SMILES string of the molecule is C[C@H](Oc1cccc(/C=C/Cn2cccc2C(=O)c2ccc3c(c2)OCC3)c1)C(=O)O. The second-order valence-electron chi connectivity index (χ2n) is 7.37. The van der Waals surface area contributed by atoms with Gasteiger partial charge in [0.05, 0.1) is 12.3 Å². The number of aromatic nitrogens is 1. The van der Waals surface area contributed by atoms with Crippen LogP contribution >= 0.6 is 0 Å². The van der Waals surface area contributed by atoms with Crippen molar-refractivity contribution in [3.05, 3.63) is 89.3 Å². The second kappa shape index (κ2) is 8.92. The molecule has 1 aliphatic rings. The van der Waals surface area contributed by atoms with Crippen LogP contribution in [0.4, 0.5) is 0 Å². The Balaban J connectivity index is 1.45. The minimum Gasteiger partial charge on any atom is -0.493 e. The van der Waals surface area contributed by atoms with Gasteiger partial charge in [0.15, 0.2) is 6.10 Å². The molecular weight excluding hydrogens is 394 g/mol. The number of carboxylic acid groups (broad SMARTS) is 1. The number of carbonyl (C=O) groups excluding carboxylic acids is 1. The third-order valence-corrected chi connectivity index (χ3v) is 5.15. The number of hydrogen-bond acceptors (Lipinski definition) is 4. The first-order valence-electron chi connectivity index (χ1n) is 10.1. The number of rotatable bonds is 8. The summed E-state index contributed by atoms with van der Waals surface area (Å²) in [7, 11) is 0. The summed E-state index contributed by atoms with van der Waals surface area (Å²) in [6, 6.07) is 16.5. The van der Waals surface area contributed by atoms with Gasteiger partial charge in [0.1, 0.15) is 11.5 Å². The average molecular weight is 417 g/mol. The summed E-state index contributed by atoms with van der Waals surface area (Å²) < 4.78 is 12.9. The molecule has 6 nitrogen and oxygen atoms in total. The Labute approximate surface area is 180 Å². The van der Waals surface area contributed by atoms with Gasteiger partial charge in [0.2, 0.25) is 5.78 Å². The molecule has 3 aromatic rings. The zero-order valence-electron chi connectivity index (χ0n) is 17.2. The van der Waals surface area contributed by atoms with Crippen LogP contribution in [0.25, 0.3) is 6.08 Å². The Kier molecular flexibility index (Phi) is 5.89. The van der Waals surface area contributed by atoms with Gasteiger partial charge < -0.3 is 19.1 Å². The Bertz CT molecular complexity index is 1140. The number of nitrogens with zero attached hydrogens (tertiary/aromatic N) is 1. The lowest BCUT2D eigenvalue weighted by atomic mass is 10.0. The number of fused-ring (bicyclic) bond motifs is 1. The normalized spacial score (nSPS) is 13.6. The predicted octanol–water partition coefficient (Wildman–Crippen LogP) is 4.22. The standard InChI is InChI=1S/C25H23NO5/c1-17(25(28)29)31-21-7-2-5-18(15-21)6-3-12-26-13-4-8-22(26)24(27)20-10-9-19-11-14-30-23(19)16-20/h2-10,13,15-17H,11-12,14H2,1H3,(H,28,29)/b6-3+/t17-/m0/s1. The smallest absolute Gasteiger partial charge is 0.344 e. The molecule has 0 saturated heterocycles. The number of hydrogen-bond donors (Lipinski definition) is 1.